The smallest absolute Gasteiger partial charge is 0.270 e. The number of hydrogen-bond donors (Lipinski definition) is 2. The Morgan fingerprint density at radius 2 is 1.95 bits per heavy atom. The highest BCUT2D eigenvalue weighted by atomic mass is 19.3. The number of fused-ring (bicyclic) bond motifs is 1. The maximum Gasteiger partial charge on any atom is 0.270 e. The van der Waals surface area contributed by atoms with Gasteiger partial charge in [-0.25, -0.2) is 23.3 Å². The minimum Gasteiger partial charge on any atom is -0.381 e. The molecule has 13 heteroatoms. The number of rotatable bonds is 8. The molecule has 1 saturated carbocycles. The van der Waals surface area contributed by atoms with Crippen molar-refractivity contribution in [2.75, 3.05) is 19.8 Å². The molecule has 2 atom stereocenters. The minimum atomic E-state index is -2.97. The number of ether oxygens (including phenoxy) is 1. The predicted octanol–water partition coefficient (Wildman–Crippen LogP) is 3.85. The van der Waals surface area contributed by atoms with Gasteiger partial charge in [0.25, 0.3) is 17.6 Å². The SMILES string of the molecule is CCn1nccc1C(=O)N[C@H](c1cn2nc(C[C@H]3CC(F)(F)CNC3=O)c(C3CCOCC3)nc2n1)C1CCC(C)CC1. The molecular weight excluding hydrogens is 558 g/mol. The average molecular weight is 599 g/mol. The molecule has 3 aromatic rings. The van der Waals surface area contributed by atoms with Crippen LogP contribution in [0.4, 0.5) is 8.78 Å². The molecule has 1 aliphatic carbocycles. The second kappa shape index (κ2) is 12.3. The van der Waals surface area contributed by atoms with Crippen molar-refractivity contribution in [1.29, 1.82) is 0 Å². The lowest BCUT2D eigenvalue weighted by atomic mass is 9.78. The van der Waals surface area contributed by atoms with Crippen molar-refractivity contribution < 1.29 is 23.1 Å². The standard InChI is InChI=1S/C30H40F2N8O3/c1-3-39-24(8-11-34-39)28(42)36-26(19-6-4-18(2)5-7-19)23-16-40-29(35-23)37-25(20-9-12-43-13-10-20)22(38-40)14-21-15-30(31,32)17-33-27(21)41/h8,11,16,18-21,26H,3-7,9-10,12-15,17H2,1-2H3,(H,33,41)(H,36,42)/t18?,19?,21-,26-/m0/s1. The minimum absolute atomic E-state index is 0.0261. The molecule has 6 rings (SSSR count). The van der Waals surface area contributed by atoms with Crippen molar-refractivity contribution in [1.82, 2.24) is 40.0 Å². The number of halogens is 2. The number of piperidine rings is 1. The number of nitrogens with one attached hydrogen (secondary N) is 2. The third kappa shape index (κ3) is 6.41. The van der Waals surface area contributed by atoms with Gasteiger partial charge in [0.15, 0.2) is 0 Å². The van der Waals surface area contributed by atoms with Gasteiger partial charge in [-0.2, -0.15) is 10.2 Å². The fraction of sp³-hybridized carbons (Fsp3) is 0.667. The van der Waals surface area contributed by atoms with Gasteiger partial charge in [-0.05, 0) is 50.5 Å². The molecule has 43 heavy (non-hydrogen) atoms. The van der Waals surface area contributed by atoms with Gasteiger partial charge in [0.2, 0.25) is 5.91 Å². The van der Waals surface area contributed by atoms with Crippen LogP contribution < -0.4 is 10.6 Å². The largest absolute Gasteiger partial charge is 0.381 e. The Labute approximate surface area is 249 Å². The molecule has 3 aromatic heterocycles. The van der Waals surface area contributed by atoms with Crippen LogP contribution in [0, 0.1) is 17.8 Å². The third-order valence-electron chi connectivity index (χ3n) is 9.30. The Bertz CT molecular complexity index is 1460. The summed E-state index contributed by atoms with van der Waals surface area (Å²) in [6.07, 6.45) is 8.45. The average Bonchev–Trinajstić information content (AvgIpc) is 3.65. The summed E-state index contributed by atoms with van der Waals surface area (Å²) in [5.74, 6) is -3.24. The number of aryl methyl sites for hydroxylation is 1. The van der Waals surface area contributed by atoms with E-state index in [0.717, 1.165) is 38.5 Å². The van der Waals surface area contributed by atoms with Gasteiger partial charge < -0.3 is 15.4 Å². The highest BCUT2D eigenvalue weighted by molar-refractivity contribution is 5.92. The Hall–Kier alpha value is -3.48. The molecule has 0 radical (unpaired) electrons. The lowest BCUT2D eigenvalue weighted by Gasteiger charge is -2.32. The van der Waals surface area contributed by atoms with Crippen molar-refractivity contribution in [3.63, 3.8) is 0 Å². The molecule has 0 spiro atoms. The molecule has 0 aromatic carbocycles. The summed E-state index contributed by atoms with van der Waals surface area (Å²) < 4.78 is 37.3. The Kier molecular flexibility index (Phi) is 8.43. The number of carbonyl (C=O) groups excluding carboxylic acids is 2. The van der Waals surface area contributed by atoms with Gasteiger partial charge in [0.05, 0.1) is 35.9 Å². The van der Waals surface area contributed by atoms with E-state index in [4.69, 9.17) is 19.8 Å². The molecule has 2 saturated heterocycles. The first kappa shape index (κ1) is 29.6. The summed E-state index contributed by atoms with van der Waals surface area (Å²) >= 11 is 0. The van der Waals surface area contributed by atoms with Crippen molar-refractivity contribution in [3.8, 4) is 0 Å². The lowest BCUT2D eigenvalue weighted by molar-refractivity contribution is -0.136. The summed E-state index contributed by atoms with van der Waals surface area (Å²) in [7, 11) is 0. The van der Waals surface area contributed by atoms with Crippen LogP contribution in [0.15, 0.2) is 18.5 Å². The molecule has 2 N–H and O–H groups in total. The van der Waals surface area contributed by atoms with E-state index < -0.39 is 30.7 Å². The van der Waals surface area contributed by atoms with Gasteiger partial charge in [-0.1, -0.05) is 19.8 Å². The Morgan fingerprint density at radius 3 is 2.70 bits per heavy atom. The maximum absolute atomic E-state index is 14.3. The zero-order chi connectivity index (χ0) is 30.1. The van der Waals surface area contributed by atoms with Crippen LogP contribution >= 0.6 is 0 Å². The summed E-state index contributed by atoms with van der Waals surface area (Å²) in [5, 5.41) is 14.7. The van der Waals surface area contributed by atoms with Crippen LogP contribution in [0.5, 0.6) is 0 Å². The third-order valence-corrected chi connectivity index (χ3v) is 9.30. The van der Waals surface area contributed by atoms with Crippen molar-refractivity contribution in [2.24, 2.45) is 17.8 Å². The van der Waals surface area contributed by atoms with Crippen molar-refractivity contribution in [3.05, 3.63) is 41.2 Å². The second-order valence-electron chi connectivity index (χ2n) is 12.4. The van der Waals surface area contributed by atoms with E-state index in [1.807, 2.05) is 6.92 Å². The summed E-state index contributed by atoms with van der Waals surface area (Å²) in [6, 6.07) is 1.35. The summed E-state index contributed by atoms with van der Waals surface area (Å²) in [5.41, 5.74) is 2.37. The number of carbonyl (C=O) groups is 2. The summed E-state index contributed by atoms with van der Waals surface area (Å²) in [6.45, 7) is 5.27. The zero-order valence-corrected chi connectivity index (χ0v) is 24.8. The molecule has 5 heterocycles. The van der Waals surface area contributed by atoms with Crippen LogP contribution in [0.3, 0.4) is 0 Å². The van der Waals surface area contributed by atoms with E-state index in [-0.39, 0.29) is 30.2 Å². The lowest BCUT2D eigenvalue weighted by Crippen LogP contribution is -2.48. The molecule has 2 aliphatic heterocycles. The molecule has 0 bridgehead atoms. The number of aromatic nitrogens is 6. The number of alkyl halides is 2. The number of imidazole rings is 1. The van der Waals surface area contributed by atoms with E-state index in [2.05, 4.69) is 22.7 Å². The summed E-state index contributed by atoms with van der Waals surface area (Å²) in [4.78, 5) is 35.9. The van der Waals surface area contributed by atoms with Crippen LogP contribution in [-0.4, -0.2) is 66.9 Å². The highest BCUT2D eigenvalue weighted by Crippen LogP contribution is 2.37. The van der Waals surface area contributed by atoms with Crippen LogP contribution in [0.25, 0.3) is 5.78 Å². The molecule has 232 valence electrons. The van der Waals surface area contributed by atoms with Crippen molar-refractivity contribution in [2.45, 2.75) is 89.6 Å². The van der Waals surface area contributed by atoms with E-state index in [1.54, 1.807) is 27.7 Å². The molecule has 3 aliphatic rings. The fourth-order valence-corrected chi connectivity index (χ4v) is 6.80. The van der Waals surface area contributed by atoms with Gasteiger partial charge in [-0.3, -0.25) is 14.3 Å². The first-order valence-electron chi connectivity index (χ1n) is 15.5. The fourth-order valence-electron chi connectivity index (χ4n) is 6.80. The van der Waals surface area contributed by atoms with Gasteiger partial charge in [0, 0.05) is 50.6 Å². The van der Waals surface area contributed by atoms with Gasteiger partial charge in [0.1, 0.15) is 5.69 Å². The Balaban J connectivity index is 1.36. The maximum atomic E-state index is 14.3. The molecule has 11 nitrogen and oxygen atoms in total. The monoisotopic (exact) mass is 598 g/mol. The van der Waals surface area contributed by atoms with Gasteiger partial charge >= 0.3 is 0 Å². The normalized spacial score (nSPS) is 25.4. The van der Waals surface area contributed by atoms with E-state index >= 15 is 0 Å². The molecular formula is C30H40F2N8O3. The first-order chi connectivity index (χ1) is 20.7. The van der Waals surface area contributed by atoms with E-state index in [1.165, 1.54) is 0 Å². The van der Waals surface area contributed by atoms with Gasteiger partial charge in [-0.15, -0.1) is 0 Å². The van der Waals surface area contributed by atoms with Crippen LogP contribution in [-0.2, 0) is 22.5 Å². The first-order valence-corrected chi connectivity index (χ1v) is 15.5. The number of amides is 2. The predicted molar refractivity (Wildman–Crippen MR) is 153 cm³/mol. The molecule has 3 fully saturated rings. The highest BCUT2D eigenvalue weighted by Gasteiger charge is 2.41. The van der Waals surface area contributed by atoms with E-state index in [0.29, 0.717) is 54.2 Å². The molecule has 0 unspecified atom stereocenters. The van der Waals surface area contributed by atoms with Crippen LogP contribution in [0.2, 0.25) is 0 Å². The number of hydrogen-bond acceptors (Lipinski definition) is 7. The molecule has 2 amide bonds. The topological polar surface area (TPSA) is 128 Å². The Morgan fingerprint density at radius 1 is 1.19 bits per heavy atom. The van der Waals surface area contributed by atoms with E-state index in [9.17, 15) is 18.4 Å². The quantitative estimate of drug-likeness (QED) is 0.403. The second-order valence-corrected chi connectivity index (χ2v) is 12.4. The van der Waals surface area contributed by atoms with Crippen LogP contribution in [0.1, 0.15) is 98.3 Å². The van der Waals surface area contributed by atoms with Crippen molar-refractivity contribution >= 4 is 17.6 Å². The number of nitrogens with zero attached hydrogens (tertiary/aromatic N) is 6. The zero-order valence-electron chi connectivity index (χ0n) is 24.8.